The molecule has 0 aliphatic carbocycles. The Hall–Kier alpha value is -3.47. The maximum absolute atomic E-state index is 10.7. The average Bonchev–Trinajstić information content (AvgIpc) is 2.98. The second-order valence-corrected chi connectivity index (χ2v) is 5.51. The molecule has 1 N–H and O–H groups in total. The number of hydrogen-bond donors (Lipinski definition) is 1. The van der Waals surface area contributed by atoms with E-state index < -0.39 is 4.92 Å². The first-order chi connectivity index (χ1) is 11.7. The number of H-pyrrole nitrogens is 1. The molecule has 0 aliphatic rings. The number of aromatic amines is 1. The van der Waals surface area contributed by atoms with E-state index in [0.717, 1.165) is 27.7 Å². The summed E-state index contributed by atoms with van der Waals surface area (Å²) in [6, 6.07) is 20.5. The summed E-state index contributed by atoms with van der Waals surface area (Å²) in [5, 5.41) is 13.0. The Balaban J connectivity index is 1.68. The largest absolute Gasteiger partial charge is 0.355 e. The third-order valence-electron chi connectivity index (χ3n) is 3.96. The van der Waals surface area contributed by atoms with Crippen LogP contribution >= 0.6 is 0 Å². The van der Waals surface area contributed by atoms with Gasteiger partial charge in [-0.15, -0.1) is 0 Å². The molecule has 0 fully saturated rings. The Morgan fingerprint density at radius 1 is 0.917 bits per heavy atom. The highest BCUT2D eigenvalue weighted by molar-refractivity contribution is 6.08. The number of nitro benzene ring substituents is 1. The molecule has 0 radical (unpaired) electrons. The van der Waals surface area contributed by atoms with E-state index in [1.807, 2.05) is 30.3 Å². The second kappa shape index (κ2) is 5.62. The zero-order chi connectivity index (χ0) is 16.5. The molecule has 0 aliphatic heterocycles. The lowest BCUT2D eigenvalue weighted by molar-refractivity contribution is -0.384. The number of rotatable bonds is 3. The topological polar surface area (TPSA) is 71.3 Å². The van der Waals surface area contributed by atoms with E-state index in [1.165, 1.54) is 17.5 Å². The molecule has 0 saturated heterocycles. The minimum Gasteiger partial charge on any atom is -0.355 e. The summed E-state index contributed by atoms with van der Waals surface area (Å²) < 4.78 is 0. The van der Waals surface area contributed by atoms with Crippen LogP contribution in [0.1, 0.15) is 5.56 Å². The lowest BCUT2D eigenvalue weighted by Gasteiger charge is -1.96. The molecule has 5 heteroatoms. The number of aliphatic imine (C=N–C) groups is 1. The number of hydrogen-bond acceptors (Lipinski definition) is 3. The van der Waals surface area contributed by atoms with Gasteiger partial charge in [-0.05, 0) is 42.0 Å². The van der Waals surface area contributed by atoms with Crippen molar-refractivity contribution < 1.29 is 4.92 Å². The number of nitro groups is 1. The number of non-ortho nitro benzene ring substituents is 1. The van der Waals surface area contributed by atoms with Crippen molar-refractivity contribution in [2.45, 2.75) is 0 Å². The first-order valence-electron chi connectivity index (χ1n) is 7.50. The van der Waals surface area contributed by atoms with Gasteiger partial charge < -0.3 is 4.98 Å². The second-order valence-electron chi connectivity index (χ2n) is 5.51. The molecular formula is C19H13N3O2. The van der Waals surface area contributed by atoms with Gasteiger partial charge in [0, 0.05) is 40.2 Å². The molecule has 0 bridgehead atoms. The quantitative estimate of drug-likeness (QED) is 0.329. The van der Waals surface area contributed by atoms with E-state index in [0.29, 0.717) is 0 Å². The normalized spacial score (nSPS) is 11.5. The summed E-state index contributed by atoms with van der Waals surface area (Å²) >= 11 is 0. The predicted molar refractivity (Wildman–Crippen MR) is 96.2 cm³/mol. The summed E-state index contributed by atoms with van der Waals surface area (Å²) in [5.74, 6) is 0. The van der Waals surface area contributed by atoms with E-state index in [2.05, 4.69) is 22.1 Å². The van der Waals surface area contributed by atoms with Gasteiger partial charge in [0.1, 0.15) is 0 Å². The number of para-hydroxylation sites is 1. The highest BCUT2D eigenvalue weighted by atomic mass is 16.6. The van der Waals surface area contributed by atoms with Crippen molar-refractivity contribution >= 4 is 39.4 Å². The summed E-state index contributed by atoms with van der Waals surface area (Å²) in [6.45, 7) is 0. The molecule has 4 aromatic rings. The molecule has 0 atom stereocenters. The summed E-state index contributed by atoms with van der Waals surface area (Å²) in [7, 11) is 0. The van der Waals surface area contributed by atoms with Gasteiger partial charge in [-0.25, -0.2) is 0 Å². The maximum Gasteiger partial charge on any atom is 0.269 e. The third kappa shape index (κ3) is 2.52. The number of nitrogens with zero attached hydrogens (tertiary/aromatic N) is 2. The summed E-state index contributed by atoms with van der Waals surface area (Å²) in [6.07, 6.45) is 1.71. The fourth-order valence-corrected chi connectivity index (χ4v) is 2.75. The monoisotopic (exact) mass is 315 g/mol. The van der Waals surface area contributed by atoms with Gasteiger partial charge in [-0.2, -0.15) is 0 Å². The van der Waals surface area contributed by atoms with Crippen LogP contribution in [0.2, 0.25) is 0 Å². The van der Waals surface area contributed by atoms with E-state index in [1.54, 1.807) is 18.3 Å². The van der Waals surface area contributed by atoms with Crippen LogP contribution in [0, 0.1) is 10.1 Å². The smallest absolute Gasteiger partial charge is 0.269 e. The highest BCUT2D eigenvalue weighted by Crippen LogP contribution is 2.28. The molecule has 0 unspecified atom stereocenters. The fourth-order valence-electron chi connectivity index (χ4n) is 2.75. The zero-order valence-corrected chi connectivity index (χ0v) is 12.6. The van der Waals surface area contributed by atoms with Gasteiger partial charge in [0.2, 0.25) is 0 Å². The Labute approximate surface area is 137 Å². The highest BCUT2D eigenvalue weighted by Gasteiger charge is 2.04. The number of aromatic nitrogens is 1. The summed E-state index contributed by atoms with van der Waals surface area (Å²) in [5.41, 5.74) is 3.91. The molecule has 0 saturated carbocycles. The lowest BCUT2D eigenvalue weighted by atomic mass is 10.1. The molecular weight excluding hydrogens is 302 g/mol. The van der Waals surface area contributed by atoms with E-state index in [4.69, 9.17) is 0 Å². The lowest BCUT2D eigenvalue weighted by Crippen LogP contribution is -1.88. The molecule has 4 rings (SSSR count). The average molecular weight is 315 g/mol. The van der Waals surface area contributed by atoms with Gasteiger partial charge in [0.15, 0.2) is 0 Å². The molecule has 0 spiro atoms. The molecule has 1 heterocycles. The van der Waals surface area contributed by atoms with Crippen LogP contribution in [0.4, 0.5) is 11.4 Å². The Kier molecular flexibility index (Phi) is 3.31. The van der Waals surface area contributed by atoms with Crippen LogP contribution in [0.5, 0.6) is 0 Å². The SMILES string of the molecule is O=[N+]([O-])c1ccc(C=Nc2ccc3[nH]c4ccccc4c3c2)cc1. The van der Waals surface area contributed by atoms with Gasteiger partial charge in [-0.1, -0.05) is 18.2 Å². The molecule has 0 amide bonds. The van der Waals surface area contributed by atoms with Gasteiger partial charge in [0.05, 0.1) is 10.6 Å². The maximum atomic E-state index is 10.7. The van der Waals surface area contributed by atoms with Crippen LogP contribution < -0.4 is 0 Å². The van der Waals surface area contributed by atoms with Crippen LogP contribution in [0.15, 0.2) is 71.7 Å². The number of nitrogens with one attached hydrogen (secondary N) is 1. The van der Waals surface area contributed by atoms with Crippen LogP contribution in [-0.2, 0) is 0 Å². The van der Waals surface area contributed by atoms with Crippen LogP contribution in [0.3, 0.4) is 0 Å². The van der Waals surface area contributed by atoms with Crippen molar-refractivity contribution in [1.29, 1.82) is 0 Å². The van der Waals surface area contributed by atoms with Crippen LogP contribution in [0.25, 0.3) is 21.8 Å². The predicted octanol–water partition coefficient (Wildman–Crippen LogP) is 4.98. The van der Waals surface area contributed by atoms with Crippen molar-refractivity contribution in [2.24, 2.45) is 4.99 Å². The molecule has 1 aromatic heterocycles. The van der Waals surface area contributed by atoms with E-state index in [-0.39, 0.29) is 5.69 Å². The minimum atomic E-state index is -0.411. The van der Waals surface area contributed by atoms with Crippen molar-refractivity contribution in [3.63, 3.8) is 0 Å². The molecule has 116 valence electrons. The van der Waals surface area contributed by atoms with Crippen molar-refractivity contribution in [3.05, 3.63) is 82.4 Å². The Bertz CT molecular complexity index is 1080. The van der Waals surface area contributed by atoms with Crippen molar-refractivity contribution in [1.82, 2.24) is 4.98 Å². The van der Waals surface area contributed by atoms with E-state index >= 15 is 0 Å². The third-order valence-corrected chi connectivity index (χ3v) is 3.96. The Morgan fingerprint density at radius 3 is 2.46 bits per heavy atom. The standard InChI is InChI=1S/C19H13N3O2/c23-22(24)15-8-5-13(6-9-15)12-20-14-7-10-19-17(11-14)16-3-1-2-4-18(16)21-19/h1-12,21H. The number of fused-ring (bicyclic) bond motifs is 3. The molecule has 24 heavy (non-hydrogen) atoms. The van der Waals surface area contributed by atoms with Gasteiger partial charge >= 0.3 is 0 Å². The van der Waals surface area contributed by atoms with Crippen LogP contribution in [-0.4, -0.2) is 16.1 Å². The molecule has 3 aromatic carbocycles. The van der Waals surface area contributed by atoms with Crippen molar-refractivity contribution in [3.8, 4) is 0 Å². The fraction of sp³-hybridized carbons (Fsp3) is 0. The van der Waals surface area contributed by atoms with Gasteiger partial charge in [0.25, 0.3) is 5.69 Å². The first kappa shape index (κ1) is 14.1. The number of benzene rings is 3. The minimum absolute atomic E-state index is 0.0763. The van der Waals surface area contributed by atoms with E-state index in [9.17, 15) is 10.1 Å². The van der Waals surface area contributed by atoms with Crippen molar-refractivity contribution in [2.75, 3.05) is 0 Å². The molecule has 5 nitrogen and oxygen atoms in total. The van der Waals surface area contributed by atoms with Gasteiger partial charge in [-0.3, -0.25) is 15.1 Å². The Morgan fingerprint density at radius 2 is 1.67 bits per heavy atom. The summed E-state index contributed by atoms with van der Waals surface area (Å²) in [4.78, 5) is 18.1. The zero-order valence-electron chi connectivity index (χ0n) is 12.6. The first-order valence-corrected chi connectivity index (χ1v) is 7.50.